The Bertz CT molecular complexity index is 664. The van der Waals surface area contributed by atoms with E-state index < -0.39 is 0 Å². The van der Waals surface area contributed by atoms with E-state index in [-0.39, 0.29) is 5.24 Å². The maximum Gasteiger partial charge on any atom is 0.286 e. The van der Waals surface area contributed by atoms with Crippen molar-refractivity contribution in [2.24, 2.45) is 0 Å². The molecule has 2 aromatic rings. The summed E-state index contributed by atoms with van der Waals surface area (Å²) < 4.78 is 5.32. The van der Waals surface area contributed by atoms with Crippen LogP contribution in [0.4, 0.5) is 4.79 Å². The number of morpholine rings is 1. The van der Waals surface area contributed by atoms with Crippen molar-refractivity contribution in [3.05, 3.63) is 71.8 Å². The summed E-state index contributed by atoms with van der Waals surface area (Å²) in [6, 6.07) is 20.1. The molecule has 0 atom stereocenters. The van der Waals surface area contributed by atoms with Crippen molar-refractivity contribution in [3.63, 3.8) is 0 Å². The Hall–Kier alpha value is -2.04. The second-order valence-corrected chi connectivity index (χ2v) is 6.25. The van der Waals surface area contributed by atoms with Crippen LogP contribution in [0.25, 0.3) is 11.0 Å². The van der Waals surface area contributed by atoms with E-state index >= 15 is 0 Å². The van der Waals surface area contributed by atoms with Gasteiger partial charge < -0.3 is 9.64 Å². The summed E-state index contributed by atoms with van der Waals surface area (Å²) >= 11 is 1.29. The minimum atomic E-state index is 0.0827. The molecule has 23 heavy (non-hydrogen) atoms. The van der Waals surface area contributed by atoms with E-state index in [4.69, 9.17) is 4.74 Å². The summed E-state index contributed by atoms with van der Waals surface area (Å²) in [7, 11) is 0. The highest BCUT2D eigenvalue weighted by Crippen LogP contribution is 2.32. The number of carbonyl (C=O) groups excluding carboxylic acids is 1. The van der Waals surface area contributed by atoms with Crippen molar-refractivity contribution < 1.29 is 9.53 Å². The lowest BCUT2D eigenvalue weighted by Crippen LogP contribution is -2.38. The summed E-state index contributed by atoms with van der Waals surface area (Å²) in [4.78, 5) is 15.4. The highest BCUT2D eigenvalue weighted by atomic mass is 32.2. The Morgan fingerprint density at radius 3 is 2.22 bits per heavy atom. The van der Waals surface area contributed by atoms with Crippen LogP contribution in [-0.2, 0) is 4.74 Å². The molecule has 1 aliphatic heterocycles. The zero-order valence-electron chi connectivity index (χ0n) is 12.9. The number of amides is 1. The van der Waals surface area contributed by atoms with Gasteiger partial charge in [0.25, 0.3) is 5.24 Å². The molecule has 1 amide bonds. The first kappa shape index (κ1) is 15.8. The van der Waals surface area contributed by atoms with E-state index in [1.54, 1.807) is 0 Å². The number of nitrogens with zero attached hydrogens (tertiary/aromatic N) is 1. The minimum Gasteiger partial charge on any atom is -0.378 e. The fourth-order valence-electron chi connectivity index (χ4n) is 2.38. The molecule has 3 rings (SSSR count). The van der Waals surface area contributed by atoms with Crippen molar-refractivity contribution in [2.45, 2.75) is 0 Å². The number of rotatable bonds is 3. The molecule has 0 aliphatic carbocycles. The van der Waals surface area contributed by atoms with Crippen LogP contribution in [0.2, 0.25) is 0 Å². The molecule has 118 valence electrons. The van der Waals surface area contributed by atoms with Crippen LogP contribution in [0.5, 0.6) is 0 Å². The van der Waals surface area contributed by atoms with Crippen LogP contribution >= 0.6 is 11.8 Å². The molecule has 2 aromatic carbocycles. The van der Waals surface area contributed by atoms with Crippen molar-refractivity contribution >= 4 is 28.0 Å². The van der Waals surface area contributed by atoms with Gasteiger partial charge in [-0.3, -0.25) is 4.79 Å². The number of carbonyl (C=O) groups is 1. The molecule has 0 aromatic heterocycles. The molecule has 3 nitrogen and oxygen atoms in total. The van der Waals surface area contributed by atoms with Crippen LogP contribution in [-0.4, -0.2) is 36.4 Å². The quantitative estimate of drug-likeness (QED) is 0.785. The molecule has 0 radical (unpaired) electrons. The van der Waals surface area contributed by atoms with Crippen LogP contribution in [0.3, 0.4) is 0 Å². The predicted molar refractivity (Wildman–Crippen MR) is 96.1 cm³/mol. The predicted octanol–water partition coefficient (Wildman–Crippen LogP) is 4.37. The zero-order chi connectivity index (χ0) is 15.9. The number of benzene rings is 2. The molecule has 1 fully saturated rings. The maximum atomic E-state index is 12.6. The molecule has 1 heterocycles. The molecular weight excluding hydrogens is 306 g/mol. The van der Waals surface area contributed by atoms with Crippen molar-refractivity contribution in [3.8, 4) is 0 Å². The fourth-order valence-corrected chi connectivity index (χ4v) is 3.33. The van der Waals surface area contributed by atoms with Gasteiger partial charge in [-0.15, -0.1) is 0 Å². The van der Waals surface area contributed by atoms with Crippen molar-refractivity contribution in [1.82, 2.24) is 4.90 Å². The molecule has 0 N–H and O–H groups in total. The normalized spacial score (nSPS) is 15.5. The summed E-state index contributed by atoms with van der Waals surface area (Å²) in [6.07, 6.45) is 2.07. The van der Waals surface area contributed by atoms with Crippen LogP contribution in [0.15, 0.2) is 60.7 Å². The Balaban J connectivity index is 1.83. The second kappa shape index (κ2) is 7.99. The Morgan fingerprint density at radius 2 is 1.57 bits per heavy atom. The van der Waals surface area contributed by atoms with E-state index in [1.165, 1.54) is 11.8 Å². The van der Waals surface area contributed by atoms with Gasteiger partial charge in [-0.1, -0.05) is 60.7 Å². The van der Waals surface area contributed by atoms with E-state index in [2.05, 4.69) is 6.08 Å². The third-order valence-electron chi connectivity index (χ3n) is 3.62. The van der Waals surface area contributed by atoms with Gasteiger partial charge >= 0.3 is 0 Å². The van der Waals surface area contributed by atoms with Crippen LogP contribution in [0, 0.1) is 0 Å². The van der Waals surface area contributed by atoms with Gasteiger partial charge in [-0.05, 0) is 29.0 Å². The first-order valence-electron chi connectivity index (χ1n) is 7.69. The Kier molecular flexibility index (Phi) is 5.51. The number of ether oxygens (including phenoxy) is 1. The molecule has 0 unspecified atom stereocenters. The summed E-state index contributed by atoms with van der Waals surface area (Å²) in [5.74, 6) is 0. The van der Waals surface area contributed by atoms with E-state index in [9.17, 15) is 4.79 Å². The smallest absolute Gasteiger partial charge is 0.286 e. The average molecular weight is 325 g/mol. The standard InChI is InChI=1S/C19H19NO2S/c21-19(20-11-13-22-14-12-20)23-18(17-9-5-2-6-10-17)15-16-7-3-1-4-8-16/h1-10,15H,11-14H2/b18-15+. The molecular formula is C19H19NO2S. The lowest BCUT2D eigenvalue weighted by molar-refractivity contribution is 0.0593. The van der Waals surface area contributed by atoms with Gasteiger partial charge in [0.2, 0.25) is 0 Å². The van der Waals surface area contributed by atoms with Crippen LogP contribution < -0.4 is 0 Å². The molecule has 1 aliphatic rings. The number of thioether (sulfide) groups is 1. The van der Waals surface area contributed by atoms with Gasteiger partial charge in [0.05, 0.1) is 13.2 Å². The molecule has 4 heteroatoms. The van der Waals surface area contributed by atoms with Gasteiger partial charge in [-0.2, -0.15) is 0 Å². The van der Waals surface area contributed by atoms with Crippen LogP contribution in [0.1, 0.15) is 11.1 Å². The summed E-state index contributed by atoms with van der Waals surface area (Å²) in [5.41, 5.74) is 2.15. The van der Waals surface area contributed by atoms with E-state index in [1.807, 2.05) is 65.6 Å². The molecule has 0 spiro atoms. The fraction of sp³-hybridized carbons (Fsp3) is 0.211. The Morgan fingerprint density at radius 1 is 0.957 bits per heavy atom. The lowest BCUT2D eigenvalue weighted by atomic mass is 10.1. The van der Waals surface area contributed by atoms with Crippen molar-refractivity contribution in [2.75, 3.05) is 26.3 Å². The van der Waals surface area contributed by atoms with Gasteiger partial charge in [-0.25, -0.2) is 0 Å². The third kappa shape index (κ3) is 4.47. The third-order valence-corrected chi connectivity index (χ3v) is 4.63. The number of hydrogen-bond acceptors (Lipinski definition) is 3. The molecule has 1 saturated heterocycles. The van der Waals surface area contributed by atoms with E-state index in [0.29, 0.717) is 26.3 Å². The highest BCUT2D eigenvalue weighted by molar-refractivity contribution is 8.21. The molecule has 0 saturated carbocycles. The monoisotopic (exact) mass is 325 g/mol. The van der Waals surface area contributed by atoms with Gasteiger partial charge in [0.1, 0.15) is 0 Å². The molecule has 0 bridgehead atoms. The maximum absolute atomic E-state index is 12.6. The summed E-state index contributed by atoms with van der Waals surface area (Å²) in [5, 5.41) is 0.0827. The summed E-state index contributed by atoms with van der Waals surface area (Å²) in [6.45, 7) is 2.57. The SMILES string of the molecule is O=C(S/C(=C/c1ccccc1)c1ccccc1)N1CCOCC1. The van der Waals surface area contributed by atoms with Gasteiger partial charge in [0, 0.05) is 18.0 Å². The number of hydrogen-bond donors (Lipinski definition) is 0. The van der Waals surface area contributed by atoms with Crippen molar-refractivity contribution in [1.29, 1.82) is 0 Å². The first-order chi connectivity index (χ1) is 11.3. The largest absolute Gasteiger partial charge is 0.378 e. The highest BCUT2D eigenvalue weighted by Gasteiger charge is 2.19. The first-order valence-corrected chi connectivity index (χ1v) is 8.51. The Labute approximate surface area is 141 Å². The second-order valence-electron chi connectivity index (χ2n) is 5.25. The van der Waals surface area contributed by atoms with E-state index in [0.717, 1.165) is 16.0 Å². The van der Waals surface area contributed by atoms with Gasteiger partial charge in [0.15, 0.2) is 0 Å². The average Bonchev–Trinajstić information content (AvgIpc) is 2.63. The topological polar surface area (TPSA) is 29.5 Å². The lowest BCUT2D eigenvalue weighted by Gasteiger charge is -2.26. The zero-order valence-corrected chi connectivity index (χ0v) is 13.7. The minimum absolute atomic E-state index is 0.0827.